The lowest BCUT2D eigenvalue weighted by atomic mass is 10.1. The minimum atomic E-state index is -0.214. The highest BCUT2D eigenvalue weighted by Gasteiger charge is 2.13. The molecule has 0 unspecified atom stereocenters. The van der Waals surface area contributed by atoms with Crippen LogP contribution in [0, 0.1) is 0 Å². The highest BCUT2D eigenvalue weighted by Crippen LogP contribution is 2.21. The van der Waals surface area contributed by atoms with Gasteiger partial charge in [0.1, 0.15) is 0 Å². The predicted molar refractivity (Wildman–Crippen MR) is 77.3 cm³/mol. The smallest absolute Gasteiger partial charge is 0.232 e. The largest absolute Gasteiger partial charge is 0.480 e. The molecule has 0 bridgehead atoms. The van der Waals surface area contributed by atoms with Crippen molar-refractivity contribution in [3.8, 4) is 5.88 Å². The highest BCUT2D eigenvalue weighted by molar-refractivity contribution is 9.10. The SMILES string of the molecule is COc1nc(NCCC(=O)NC(C)(C)C)ncc1Br. The van der Waals surface area contributed by atoms with Crippen LogP contribution in [0.4, 0.5) is 5.95 Å². The first-order valence-electron chi connectivity index (χ1n) is 5.93. The van der Waals surface area contributed by atoms with Gasteiger partial charge in [-0.15, -0.1) is 0 Å². The second-order valence-corrected chi connectivity index (χ2v) is 5.88. The van der Waals surface area contributed by atoms with Gasteiger partial charge in [-0.3, -0.25) is 4.79 Å². The number of hydrogen-bond acceptors (Lipinski definition) is 5. The quantitative estimate of drug-likeness (QED) is 0.863. The Labute approximate surface area is 121 Å². The summed E-state index contributed by atoms with van der Waals surface area (Å²) >= 11 is 3.27. The zero-order valence-electron chi connectivity index (χ0n) is 11.6. The molecular formula is C12H19BrN4O2. The van der Waals surface area contributed by atoms with Gasteiger partial charge < -0.3 is 15.4 Å². The second kappa shape index (κ2) is 6.70. The third-order valence-electron chi connectivity index (χ3n) is 2.05. The molecule has 6 nitrogen and oxygen atoms in total. The van der Waals surface area contributed by atoms with E-state index in [0.717, 1.165) is 0 Å². The molecule has 0 aliphatic heterocycles. The van der Waals surface area contributed by atoms with Crippen LogP contribution in [-0.4, -0.2) is 35.1 Å². The topological polar surface area (TPSA) is 76.1 Å². The molecule has 0 fully saturated rings. The molecule has 0 aliphatic rings. The first kappa shape index (κ1) is 15.7. The van der Waals surface area contributed by atoms with Crippen LogP contribution in [-0.2, 0) is 4.79 Å². The number of anilines is 1. The summed E-state index contributed by atoms with van der Waals surface area (Å²) < 4.78 is 5.75. The average molecular weight is 331 g/mol. The molecule has 0 saturated carbocycles. The fraction of sp³-hybridized carbons (Fsp3) is 0.583. The van der Waals surface area contributed by atoms with Crippen LogP contribution >= 0.6 is 15.9 Å². The van der Waals surface area contributed by atoms with Crippen molar-refractivity contribution in [2.24, 2.45) is 0 Å². The monoisotopic (exact) mass is 330 g/mol. The van der Waals surface area contributed by atoms with E-state index in [0.29, 0.717) is 29.3 Å². The number of methoxy groups -OCH3 is 1. The van der Waals surface area contributed by atoms with Gasteiger partial charge in [-0.25, -0.2) is 4.98 Å². The number of nitrogens with zero attached hydrogens (tertiary/aromatic N) is 2. The van der Waals surface area contributed by atoms with Crippen LogP contribution < -0.4 is 15.4 Å². The zero-order chi connectivity index (χ0) is 14.5. The minimum absolute atomic E-state index is 0.0101. The Kier molecular flexibility index (Phi) is 5.53. The lowest BCUT2D eigenvalue weighted by Crippen LogP contribution is -2.41. The summed E-state index contributed by atoms with van der Waals surface area (Å²) in [5.74, 6) is 0.879. The fourth-order valence-electron chi connectivity index (χ4n) is 1.35. The number of aromatic nitrogens is 2. The Morgan fingerprint density at radius 1 is 1.47 bits per heavy atom. The molecule has 0 saturated heterocycles. The first-order valence-corrected chi connectivity index (χ1v) is 6.72. The van der Waals surface area contributed by atoms with Crippen molar-refractivity contribution in [3.05, 3.63) is 10.7 Å². The van der Waals surface area contributed by atoms with E-state index < -0.39 is 0 Å². The fourth-order valence-corrected chi connectivity index (χ4v) is 1.70. The number of nitrogens with one attached hydrogen (secondary N) is 2. The average Bonchev–Trinajstić information content (AvgIpc) is 2.29. The third-order valence-corrected chi connectivity index (χ3v) is 2.60. The minimum Gasteiger partial charge on any atom is -0.480 e. The molecule has 19 heavy (non-hydrogen) atoms. The summed E-state index contributed by atoms with van der Waals surface area (Å²) in [6.45, 7) is 6.30. The molecule has 2 N–H and O–H groups in total. The maximum atomic E-state index is 11.6. The van der Waals surface area contributed by atoms with Crippen molar-refractivity contribution in [3.63, 3.8) is 0 Å². The molecule has 1 aromatic heterocycles. The van der Waals surface area contributed by atoms with E-state index in [2.05, 4.69) is 36.5 Å². The molecule has 7 heteroatoms. The molecule has 0 aliphatic carbocycles. The van der Waals surface area contributed by atoms with Crippen LogP contribution in [0.5, 0.6) is 5.88 Å². The second-order valence-electron chi connectivity index (χ2n) is 5.03. The molecule has 0 spiro atoms. The Hall–Kier alpha value is -1.37. The van der Waals surface area contributed by atoms with Crippen molar-refractivity contribution in [1.29, 1.82) is 0 Å². The van der Waals surface area contributed by atoms with E-state index in [1.807, 2.05) is 20.8 Å². The summed E-state index contributed by atoms with van der Waals surface area (Å²) in [7, 11) is 1.54. The first-order chi connectivity index (χ1) is 8.81. The van der Waals surface area contributed by atoms with Crippen molar-refractivity contribution >= 4 is 27.8 Å². The van der Waals surface area contributed by atoms with Gasteiger partial charge in [0.2, 0.25) is 17.7 Å². The van der Waals surface area contributed by atoms with E-state index in [9.17, 15) is 4.79 Å². The van der Waals surface area contributed by atoms with Gasteiger partial charge in [-0.2, -0.15) is 4.98 Å². The van der Waals surface area contributed by atoms with Crippen LogP contribution in [0.25, 0.3) is 0 Å². The summed E-state index contributed by atoms with van der Waals surface area (Å²) in [5, 5.41) is 5.86. The number of halogens is 1. The molecule has 1 aromatic rings. The molecule has 1 rings (SSSR count). The van der Waals surface area contributed by atoms with Gasteiger partial charge in [0.25, 0.3) is 0 Å². The Morgan fingerprint density at radius 3 is 2.74 bits per heavy atom. The van der Waals surface area contributed by atoms with Crippen LogP contribution in [0.3, 0.4) is 0 Å². The zero-order valence-corrected chi connectivity index (χ0v) is 13.2. The highest BCUT2D eigenvalue weighted by atomic mass is 79.9. The van der Waals surface area contributed by atoms with E-state index >= 15 is 0 Å². The lowest BCUT2D eigenvalue weighted by Gasteiger charge is -2.20. The van der Waals surface area contributed by atoms with Crippen molar-refractivity contribution < 1.29 is 9.53 Å². The van der Waals surface area contributed by atoms with Gasteiger partial charge in [-0.05, 0) is 36.7 Å². The molecule has 106 valence electrons. The normalized spacial score (nSPS) is 11.0. The van der Waals surface area contributed by atoms with E-state index in [1.54, 1.807) is 6.20 Å². The van der Waals surface area contributed by atoms with Crippen molar-refractivity contribution in [1.82, 2.24) is 15.3 Å². The van der Waals surface area contributed by atoms with Crippen molar-refractivity contribution in [2.45, 2.75) is 32.7 Å². The number of carbonyl (C=O) groups excluding carboxylic acids is 1. The molecule has 0 aromatic carbocycles. The van der Waals surface area contributed by atoms with Crippen LogP contribution in [0.15, 0.2) is 10.7 Å². The van der Waals surface area contributed by atoms with Gasteiger partial charge in [0, 0.05) is 18.5 Å². The number of carbonyl (C=O) groups is 1. The molecule has 1 heterocycles. The third kappa shape index (κ3) is 5.87. The van der Waals surface area contributed by atoms with E-state index in [1.165, 1.54) is 7.11 Å². The lowest BCUT2D eigenvalue weighted by molar-refractivity contribution is -0.122. The van der Waals surface area contributed by atoms with Gasteiger partial charge >= 0.3 is 0 Å². The summed E-state index contributed by atoms with van der Waals surface area (Å²) in [6.07, 6.45) is 1.96. The Balaban J connectivity index is 2.43. The summed E-state index contributed by atoms with van der Waals surface area (Å²) in [5.41, 5.74) is -0.214. The standard InChI is InChI=1S/C12H19BrN4O2/c1-12(2,3)17-9(18)5-6-14-11-15-7-8(13)10(16-11)19-4/h7H,5-6H2,1-4H3,(H,17,18)(H,14,15,16). The van der Waals surface area contributed by atoms with E-state index in [-0.39, 0.29) is 11.4 Å². The van der Waals surface area contributed by atoms with Crippen molar-refractivity contribution in [2.75, 3.05) is 19.0 Å². The summed E-state index contributed by atoms with van der Waals surface area (Å²) in [4.78, 5) is 19.8. The van der Waals surface area contributed by atoms with Gasteiger partial charge in [-0.1, -0.05) is 0 Å². The maximum absolute atomic E-state index is 11.6. The predicted octanol–water partition coefficient (Wildman–Crippen LogP) is 1.96. The number of rotatable bonds is 5. The maximum Gasteiger partial charge on any atom is 0.232 e. The van der Waals surface area contributed by atoms with Crippen LogP contribution in [0.2, 0.25) is 0 Å². The Morgan fingerprint density at radius 2 is 2.16 bits per heavy atom. The molecular weight excluding hydrogens is 312 g/mol. The van der Waals surface area contributed by atoms with Crippen LogP contribution in [0.1, 0.15) is 27.2 Å². The number of amides is 1. The summed E-state index contributed by atoms with van der Waals surface area (Å²) in [6, 6.07) is 0. The molecule has 1 amide bonds. The van der Waals surface area contributed by atoms with Gasteiger partial charge in [0.05, 0.1) is 17.8 Å². The Bertz CT molecular complexity index is 446. The van der Waals surface area contributed by atoms with E-state index in [4.69, 9.17) is 4.74 Å². The molecule has 0 radical (unpaired) electrons. The van der Waals surface area contributed by atoms with Gasteiger partial charge in [0.15, 0.2) is 0 Å². The number of hydrogen-bond donors (Lipinski definition) is 2. The number of ether oxygens (including phenoxy) is 1. The molecule has 0 atom stereocenters.